The number of hydrogen-bond donors (Lipinski definition) is 1. The van der Waals surface area contributed by atoms with E-state index in [0.29, 0.717) is 36.0 Å². The number of nitrogens with zero attached hydrogens (tertiary/aromatic N) is 2. The summed E-state index contributed by atoms with van der Waals surface area (Å²) < 4.78 is 10.7. The average molecular weight is 458 g/mol. The Morgan fingerprint density at radius 3 is 2.62 bits per heavy atom. The fourth-order valence-electron chi connectivity index (χ4n) is 4.52. The highest BCUT2D eigenvalue weighted by molar-refractivity contribution is 6.30. The number of carbonyl (C=O) groups excluding carboxylic acids is 2. The number of hydrogen-bond acceptors (Lipinski definition) is 5. The number of carbonyl (C=O) groups is 2. The zero-order valence-corrected chi connectivity index (χ0v) is 19.1. The number of rotatable bonds is 7. The zero-order chi connectivity index (χ0) is 22.7. The van der Waals surface area contributed by atoms with E-state index in [-0.39, 0.29) is 24.0 Å². The lowest BCUT2D eigenvalue weighted by atomic mass is 9.93. The minimum absolute atomic E-state index is 0.150. The quantitative estimate of drug-likeness (QED) is 0.689. The molecule has 2 aromatic carbocycles. The van der Waals surface area contributed by atoms with Crippen LogP contribution in [0.4, 0.5) is 4.79 Å². The van der Waals surface area contributed by atoms with E-state index in [1.54, 1.807) is 14.2 Å². The largest absolute Gasteiger partial charge is 0.493 e. The highest BCUT2D eigenvalue weighted by Gasteiger charge is 2.46. The Labute approximate surface area is 193 Å². The first-order chi connectivity index (χ1) is 15.5. The van der Waals surface area contributed by atoms with E-state index in [1.807, 2.05) is 47.4 Å². The van der Waals surface area contributed by atoms with Crippen LogP contribution in [0.2, 0.25) is 5.02 Å². The monoisotopic (exact) mass is 457 g/mol. The van der Waals surface area contributed by atoms with Gasteiger partial charge in [-0.1, -0.05) is 29.8 Å². The number of imide groups is 1. The van der Waals surface area contributed by atoms with Crippen molar-refractivity contribution in [2.75, 3.05) is 27.3 Å². The molecule has 8 heteroatoms. The van der Waals surface area contributed by atoms with Crippen molar-refractivity contribution >= 4 is 23.5 Å². The van der Waals surface area contributed by atoms with Crippen molar-refractivity contribution in [2.45, 2.75) is 37.9 Å². The van der Waals surface area contributed by atoms with Crippen LogP contribution < -0.4 is 14.8 Å². The van der Waals surface area contributed by atoms with E-state index >= 15 is 0 Å². The topological polar surface area (TPSA) is 71.1 Å². The summed E-state index contributed by atoms with van der Waals surface area (Å²) in [5, 5.41) is 3.96. The van der Waals surface area contributed by atoms with E-state index < -0.39 is 0 Å². The zero-order valence-electron chi connectivity index (χ0n) is 18.3. The van der Waals surface area contributed by atoms with Crippen molar-refractivity contribution < 1.29 is 19.1 Å². The number of amides is 3. The van der Waals surface area contributed by atoms with Gasteiger partial charge in [-0.2, -0.15) is 0 Å². The normalized spacial score (nSPS) is 20.8. The summed E-state index contributed by atoms with van der Waals surface area (Å²) in [6, 6.07) is 12.4. The molecule has 2 atom stereocenters. The lowest BCUT2D eigenvalue weighted by Crippen LogP contribution is -2.69. The molecule has 170 valence electrons. The lowest BCUT2D eigenvalue weighted by Gasteiger charge is -2.47. The molecule has 0 bridgehead atoms. The van der Waals surface area contributed by atoms with Crippen LogP contribution in [-0.2, 0) is 17.8 Å². The fraction of sp³-hybridized carbons (Fsp3) is 0.417. The number of benzene rings is 2. The highest BCUT2D eigenvalue weighted by atomic mass is 35.5. The summed E-state index contributed by atoms with van der Waals surface area (Å²) in [6.07, 6.45) is 2.26. The first kappa shape index (κ1) is 22.4. The van der Waals surface area contributed by atoms with Crippen molar-refractivity contribution in [3.05, 3.63) is 58.6 Å². The standard InChI is InChI=1S/C24H28ClN3O4/c1-31-20-9-8-16(14-21(20)32-2)10-12-27-23(29)22-19(7-4-11-26-22)28(24(27)30)15-17-5-3-6-18(25)13-17/h3,5-6,8-9,13-14,19,22,26H,4,7,10-12,15H2,1-2H3. The van der Waals surface area contributed by atoms with Gasteiger partial charge in [-0.05, 0) is 61.2 Å². The summed E-state index contributed by atoms with van der Waals surface area (Å²) in [4.78, 5) is 29.9. The lowest BCUT2D eigenvalue weighted by molar-refractivity contribution is -0.137. The van der Waals surface area contributed by atoms with E-state index in [0.717, 1.165) is 30.5 Å². The number of ether oxygens (including phenoxy) is 2. The van der Waals surface area contributed by atoms with Crippen LogP contribution in [-0.4, -0.2) is 61.1 Å². The van der Waals surface area contributed by atoms with Gasteiger partial charge in [-0.25, -0.2) is 4.79 Å². The van der Waals surface area contributed by atoms with Gasteiger partial charge in [0.15, 0.2) is 11.5 Å². The molecule has 3 amide bonds. The van der Waals surface area contributed by atoms with Crippen LogP contribution in [0.5, 0.6) is 11.5 Å². The molecule has 0 spiro atoms. The summed E-state index contributed by atoms with van der Waals surface area (Å²) in [5.74, 6) is 1.11. The first-order valence-electron chi connectivity index (χ1n) is 10.8. The third kappa shape index (κ3) is 4.54. The molecule has 0 aliphatic carbocycles. The van der Waals surface area contributed by atoms with Crippen LogP contribution in [0.15, 0.2) is 42.5 Å². The number of halogens is 1. The maximum atomic E-state index is 13.5. The predicted molar refractivity (Wildman–Crippen MR) is 122 cm³/mol. The molecule has 2 fully saturated rings. The molecule has 2 saturated heterocycles. The molecule has 2 aromatic rings. The number of urea groups is 1. The molecule has 0 saturated carbocycles. The number of fused-ring (bicyclic) bond motifs is 1. The molecule has 2 aliphatic rings. The second-order valence-electron chi connectivity index (χ2n) is 8.11. The molecular weight excluding hydrogens is 430 g/mol. The minimum Gasteiger partial charge on any atom is -0.493 e. The van der Waals surface area contributed by atoms with Crippen molar-refractivity contribution in [3.63, 3.8) is 0 Å². The summed E-state index contributed by atoms with van der Waals surface area (Å²) in [5.41, 5.74) is 1.91. The van der Waals surface area contributed by atoms with E-state index in [2.05, 4.69) is 5.32 Å². The third-order valence-electron chi connectivity index (χ3n) is 6.15. The minimum atomic E-state index is -0.383. The second kappa shape index (κ2) is 9.79. The smallest absolute Gasteiger partial charge is 0.327 e. The molecule has 2 unspecified atom stereocenters. The Balaban J connectivity index is 1.54. The van der Waals surface area contributed by atoms with Crippen LogP contribution in [0.3, 0.4) is 0 Å². The van der Waals surface area contributed by atoms with Gasteiger partial charge in [-0.3, -0.25) is 9.69 Å². The van der Waals surface area contributed by atoms with Crippen LogP contribution in [0.1, 0.15) is 24.0 Å². The Hall–Kier alpha value is -2.77. The Kier molecular flexibility index (Phi) is 6.86. The van der Waals surface area contributed by atoms with Gasteiger partial charge in [0.2, 0.25) is 5.91 Å². The van der Waals surface area contributed by atoms with Gasteiger partial charge in [0.1, 0.15) is 6.04 Å². The van der Waals surface area contributed by atoms with Crippen LogP contribution in [0, 0.1) is 0 Å². The molecule has 4 rings (SSSR count). The maximum Gasteiger partial charge on any atom is 0.327 e. The number of nitrogens with one attached hydrogen (secondary N) is 1. The third-order valence-corrected chi connectivity index (χ3v) is 6.38. The highest BCUT2D eigenvalue weighted by Crippen LogP contribution is 2.29. The Bertz CT molecular complexity index is 999. The molecule has 0 aromatic heterocycles. The van der Waals surface area contributed by atoms with Crippen LogP contribution in [0.25, 0.3) is 0 Å². The summed E-state index contributed by atoms with van der Waals surface area (Å²) >= 11 is 6.15. The number of piperidine rings is 1. The Morgan fingerprint density at radius 2 is 1.88 bits per heavy atom. The van der Waals surface area contributed by atoms with Crippen molar-refractivity contribution in [2.24, 2.45) is 0 Å². The Morgan fingerprint density at radius 1 is 1.06 bits per heavy atom. The molecule has 0 radical (unpaired) electrons. The predicted octanol–water partition coefficient (Wildman–Crippen LogP) is 3.48. The molecule has 1 N–H and O–H groups in total. The average Bonchev–Trinajstić information content (AvgIpc) is 2.81. The fourth-order valence-corrected chi connectivity index (χ4v) is 4.73. The molecular formula is C24H28ClN3O4. The van der Waals surface area contributed by atoms with Gasteiger partial charge < -0.3 is 19.7 Å². The molecule has 2 heterocycles. The first-order valence-corrected chi connectivity index (χ1v) is 11.2. The van der Waals surface area contributed by atoms with Gasteiger partial charge in [-0.15, -0.1) is 0 Å². The van der Waals surface area contributed by atoms with Gasteiger partial charge in [0.05, 0.1) is 20.3 Å². The number of methoxy groups -OCH3 is 2. The SMILES string of the molecule is COc1ccc(CCN2C(=O)C3NCCCC3N(Cc3cccc(Cl)c3)C2=O)cc1OC. The van der Waals surface area contributed by atoms with E-state index in [9.17, 15) is 9.59 Å². The van der Waals surface area contributed by atoms with E-state index in [1.165, 1.54) is 4.90 Å². The molecule has 7 nitrogen and oxygen atoms in total. The second-order valence-corrected chi connectivity index (χ2v) is 8.55. The van der Waals surface area contributed by atoms with Crippen molar-refractivity contribution in [1.29, 1.82) is 0 Å². The maximum absolute atomic E-state index is 13.5. The summed E-state index contributed by atoms with van der Waals surface area (Å²) in [6.45, 7) is 1.49. The summed E-state index contributed by atoms with van der Waals surface area (Å²) in [7, 11) is 3.17. The van der Waals surface area contributed by atoms with Gasteiger partial charge >= 0.3 is 6.03 Å². The molecule has 2 aliphatic heterocycles. The van der Waals surface area contributed by atoms with Crippen LogP contribution >= 0.6 is 11.6 Å². The molecule has 32 heavy (non-hydrogen) atoms. The van der Waals surface area contributed by atoms with Gasteiger partial charge in [0, 0.05) is 18.1 Å². The van der Waals surface area contributed by atoms with Crippen molar-refractivity contribution in [1.82, 2.24) is 15.1 Å². The van der Waals surface area contributed by atoms with E-state index in [4.69, 9.17) is 21.1 Å². The van der Waals surface area contributed by atoms with Crippen molar-refractivity contribution in [3.8, 4) is 11.5 Å². The van der Waals surface area contributed by atoms with Gasteiger partial charge in [0.25, 0.3) is 0 Å².